The minimum Gasteiger partial charge on any atom is -0.397 e. The fraction of sp³-hybridized carbons (Fsp3) is 0.125. The number of halogens is 2. The molecule has 16 N–H and O–H groups in total. The van der Waals surface area contributed by atoms with Gasteiger partial charge in [0, 0.05) is 20.0 Å². The van der Waals surface area contributed by atoms with Gasteiger partial charge < -0.3 is 45.9 Å². The Balaban J connectivity index is 2.73. The van der Waals surface area contributed by atoms with E-state index < -0.39 is 0 Å². The number of rotatable bonds is 2. The van der Waals surface area contributed by atoms with Crippen LogP contribution >= 0.6 is 45.2 Å². The molecule has 0 aromatic heterocycles. The lowest BCUT2D eigenvalue weighted by molar-refractivity contribution is 1.44. The number of nitrogen functional groups attached to an aromatic ring is 8. The van der Waals surface area contributed by atoms with E-state index in [1.165, 1.54) is 0 Å². The summed E-state index contributed by atoms with van der Waals surface area (Å²) in [4.78, 5) is 0. The summed E-state index contributed by atoms with van der Waals surface area (Å²) in [6.07, 6.45) is 0. The lowest BCUT2D eigenvalue weighted by Gasteiger charge is -2.16. The average molecular weight is 578 g/mol. The summed E-state index contributed by atoms with van der Waals surface area (Å²) < 4.78 is 1.14. The van der Waals surface area contributed by atoms with Gasteiger partial charge in [0.2, 0.25) is 0 Å². The van der Waals surface area contributed by atoms with Gasteiger partial charge in [0.05, 0.1) is 56.6 Å². The van der Waals surface area contributed by atoms with Gasteiger partial charge >= 0.3 is 0 Å². The Morgan fingerprint density at radius 2 is 0.692 bits per heavy atom. The van der Waals surface area contributed by atoms with E-state index in [1.807, 2.05) is 0 Å². The molecule has 138 valence electrons. The molecule has 2 aromatic carbocycles. The molecule has 0 aliphatic rings. The third-order valence-electron chi connectivity index (χ3n) is 4.12. The fourth-order valence-corrected chi connectivity index (χ4v) is 4.10. The minimum atomic E-state index is 0.262. The molecule has 0 aliphatic carbocycles. The fourth-order valence-electron chi connectivity index (χ4n) is 2.45. The zero-order chi connectivity index (χ0) is 19.8. The zero-order valence-corrected chi connectivity index (χ0v) is 18.1. The summed E-state index contributed by atoms with van der Waals surface area (Å²) in [7, 11) is 0. The molecule has 0 radical (unpaired) electrons. The summed E-state index contributed by atoms with van der Waals surface area (Å²) in [6, 6.07) is 0. The molecule has 0 saturated heterocycles. The molecule has 0 heterocycles. The highest BCUT2D eigenvalue weighted by Crippen LogP contribution is 2.39. The van der Waals surface area contributed by atoms with Crippen molar-refractivity contribution in [3.63, 3.8) is 0 Å². The number of alkyl halides is 2. The van der Waals surface area contributed by atoms with Crippen molar-refractivity contribution in [1.29, 1.82) is 0 Å². The van der Waals surface area contributed by atoms with Crippen molar-refractivity contribution in [2.24, 2.45) is 0 Å². The van der Waals surface area contributed by atoms with Crippen molar-refractivity contribution < 1.29 is 0 Å². The molecule has 8 nitrogen and oxygen atoms in total. The summed E-state index contributed by atoms with van der Waals surface area (Å²) >= 11 is 4.27. The van der Waals surface area contributed by atoms with Gasteiger partial charge in [-0.2, -0.15) is 0 Å². The third kappa shape index (κ3) is 3.16. The summed E-state index contributed by atoms with van der Waals surface area (Å²) in [5.41, 5.74) is 53.1. The lowest BCUT2D eigenvalue weighted by Crippen LogP contribution is -2.10. The van der Waals surface area contributed by atoms with Crippen molar-refractivity contribution in [3.05, 3.63) is 22.3 Å². The van der Waals surface area contributed by atoms with Crippen LogP contribution in [0.25, 0.3) is 0 Å². The van der Waals surface area contributed by atoms with E-state index in [2.05, 4.69) is 57.0 Å². The van der Waals surface area contributed by atoms with Crippen LogP contribution in [-0.2, 0) is 8.86 Å². The number of nitrogens with two attached hydrogens (primary N) is 8. The number of anilines is 8. The Kier molecular flexibility index (Phi) is 5.91. The Hall–Kier alpha value is -2.14. The molecule has 2 rings (SSSR count). The average Bonchev–Trinajstić information content (AvgIpc) is 2.62. The third-order valence-corrected chi connectivity index (χ3v) is 5.64. The standard InChI is InChI=1S/C16H20I2N8/c17-3-7-13(23)9(19)5(10(20)14(7)24)1-2-6-11(21)15(25)8(4-18)16(26)12(6)22/h3-4,19-26H2. The molecular formula is C16H20I2N8. The van der Waals surface area contributed by atoms with Crippen LogP contribution in [0, 0.1) is 11.8 Å². The van der Waals surface area contributed by atoms with Crippen LogP contribution in [0.5, 0.6) is 0 Å². The highest BCUT2D eigenvalue weighted by atomic mass is 127. The predicted molar refractivity (Wildman–Crippen MR) is 130 cm³/mol. The van der Waals surface area contributed by atoms with Gasteiger partial charge in [-0.3, -0.25) is 0 Å². The zero-order valence-electron chi connectivity index (χ0n) is 13.8. The van der Waals surface area contributed by atoms with E-state index in [0.717, 1.165) is 0 Å². The molecule has 26 heavy (non-hydrogen) atoms. The highest BCUT2D eigenvalue weighted by molar-refractivity contribution is 14.1. The maximum absolute atomic E-state index is 6.10. The van der Waals surface area contributed by atoms with Gasteiger partial charge in [0.25, 0.3) is 0 Å². The number of benzene rings is 2. The summed E-state index contributed by atoms with van der Waals surface area (Å²) in [6.45, 7) is 0. The van der Waals surface area contributed by atoms with Gasteiger partial charge in [-0.1, -0.05) is 57.0 Å². The van der Waals surface area contributed by atoms with E-state index in [0.29, 0.717) is 53.9 Å². The summed E-state index contributed by atoms with van der Waals surface area (Å²) in [5, 5.41) is 0. The van der Waals surface area contributed by atoms with Crippen LogP contribution in [0.1, 0.15) is 22.3 Å². The topological polar surface area (TPSA) is 208 Å². The predicted octanol–water partition coefficient (Wildman–Crippen LogP) is 1.61. The van der Waals surface area contributed by atoms with Gasteiger partial charge in [-0.25, -0.2) is 0 Å². The Labute approximate surface area is 178 Å². The molecule has 0 aliphatic heterocycles. The van der Waals surface area contributed by atoms with E-state index in [-0.39, 0.29) is 22.7 Å². The monoisotopic (exact) mass is 578 g/mol. The largest absolute Gasteiger partial charge is 0.397 e. The van der Waals surface area contributed by atoms with E-state index in [9.17, 15) is 0 Å². The van der Waals surface area contributed by atoms with Crippen LogP contribution in [0.2, 0.25) is 0 Å². The second kappa shape index (κ2) is 7.62. The van der Waals surface area contributed by atoms with Crippen molar-refractivity contribution in [3.8, 4) is 11.8 Å². The molecule has 0 unspecified atom stereocenters. The lowest BCUT2D eigenvalue weighted by atomic mass is 10.00. The van der Waals surface area contributed by atoms with Crippen molar-refractivity contribution in [2.75, 3.05) is 45.9 Å². The van der Waals surface area contributed by atoms with Crippen LogP contribution in [0.4, 0.5) is 45.5 Å². The number of hydrogen-bond acceptors (Lipinski definition) is 8. The smallest absolute Gasteiger partial charge is 0.0750 e. The molecule has 0 bridgehead atoms. The Morgan fingerprint density at radius 1 is 0.462 bits per heavy atom. The molecule has 0 atom stereocenters. The normalized spacial score (nSPS) is 10.4. The van der Waals surface area contributed by atoms with E-state index >= 15 is 0 Å². The molecule has 0 amide bonds. The van der Waals surface area contributed by atoms with Crippen molar-refractivity contribution >= 4 is 90.7 Å². The second-order valence-electron chi connectivity index (χ2n) is 5.53. The molecule has 0 saturated carbocycles. The first-order valence-corrected chi connectivity index (χ1v) is 10.4. The van der Waals surface area contributed by atoms with Crippen LogP contribution in [-0.4, -0.2) is 0 Å². The van der Waals surface area contributed by atoms with Crippen LogP contribution < -0.4 is 45.9 Å². The van der Waals surface area contributed by atoms with Crippen LogP contribution in [0.15, 0.2) is 0 Å². The van der Waals surface area contributed by atoms with Crippen molar-refractivity contribution in [2.45, 2.75) is 8.86 Å². The van der Waals surface area contributed by atoms with E-state index in [4.69, 9.17) is 45.9 Å². The Bertz CT molecular complexity index is 826. The maximum atomic E-state index is 6.10. The molecule has 0 spiro atoms. The van der Waals surface area contributed by atoms with Crippen molar-refractivity contribution in [1.82, 2.24) is 0 Å². The van der Waals surface area contributed by atoms with Gasteiger partial charge in [-0.15, -0.1) is 0 Å². The Morgan fingerprint density at radius 3 is 0.885 bits per heavy atom. The first kappa shape index (κ1) is 20.2. The summed E-state index contributed by atoms with van der Waals surface area (Å²) in [5.74, 6) is 5.74. The number of hydrogen-bond donors (Lipinski definition) is 8. The van der Waals surface area contributed by atoms with Gasteiger partial charge in [0.1, 0.15) is 0 Å². The van der Waals surface area contributed by atoms with Gasteiger partial charge in [0.15, 0.2) is 0 Å². The van der Waals surface area contributed by atoms with Gasteiger partial charge in [-0.05, 0) is 0 Å². The first-order valence-electron chi connectivity index (χ1n) is 7.30. The molecule has 2 aromatic rings. The van der Waals surface area contributed by atoms with Crippen LogP contribution in [0.3, 0.4) is 0 Å². The SMILES string of the molecule is Nc1c(N)c(CI)c(N)c(N)c1C#Cc1c(N)c(N)c(CI)c(N)c1N. The highest BCUT2D eigenvalue weighted by Gasteiger charge is 2.18. The quantitative estimate of drug-likeness (QED) is 0.113. The van der Waals surface area contributed by atoms with E-state index in [1.54, 1.807) is 0 Å². The molecule has 0 fully saturated rings. The molecule has 10 heteroatoms. The maximum Gasteiger partial charge on any atom is 0.0750 e. The minimum absolute atomic E-state index is 0.262. The second-order valence-corrected chi connectivity index (χ2v) is 7.06. The first-order chi connectivity index (χ1) is 12.2. The molecular weight excluding hydrogens is 558 g/mol.